The van der Waals surface area contributed by atoms with E-state index in [1.807, 2.05) is 6.07 Å². The molecule has 2 heteroatoms. The van der Waals surface area contributed by atoms with E-state index in [0.717, 1.165) is 12.2 Å². The summed E-state index contributed by atoms with van der Waals surface area (Å²) in [6.45, 7) is 5.46. The molecular weight excluding hydrogens is 148 g/mol. The van der Waals surface area contributed by atoms with Crippen molar-refractivity contribution in [1.29, 1.82) is 0 Å². The molecule has 1 aromatic rings. The maximum atomic E-state index is 5.72. The number of anilines is 2. The van der Waals surface area contributed by atoms with E-state index >= 15 is 0 Å². The molecule has 0 amide bonds. The van der Waals surface area contributed by atoms with Gasteiger partial charge in [-0.1, -0.05) is 13.8 Å². The van der Waals surface area contributed by atoms with Crippen LogP contribution in [0, 0.1) is 0 Å². The fraction of sp³-hybridized carbons (Fsp3) is 0.400. The summed E-state index contributed by atoms with van der Waals surface area (Å²) >= 11 is 0. The third-order valence-corrected chi connectivity index (χ3v) is 2.49. The number of hydrogen-bond acceptors (Lipinski definition) is 2. The average Bonchev–Trinajstić information content (AvgIpc) is 2.28. The van der Waals surface area contributed by atoms with Crippen molar-refractivity contribution in [2.45, 2.75) is 19.3 Å². The highest BCUT2D eigenvalue weighted by Gasteiger charge is 2.29. The monoisotopic (exact) mass is 162 g/mol. The topological polar surface area (TPSA) is 38.0 Å². The molecule has 0 spiro atoms. The lowest BCUT2D eigenvalue weighted by Gasteiger charge is -2.16. The van der Waals surface area contributed by atoms with Crippen molar-refractivity contribution in [1.82, 2.24) is 0 Å². The molecule has 3 N–H and O–H groups in total. The lowest BCUT2D eigenvalue weighted by Crippen LogP contribution is -2.18. The highest BCUT2D eigenvalue weighted by molar-refractivity contribution is 5.64. The molecule has 0 radical (unpaired) electrons. The van der Waals surface area contributed by atoms with Crippen LogP contribution < -0.4 is 11.1 Å². The van der Waals surface area contributed by atoms with Gasteiger partial charge >= 0.3 is 0 Å². The Bertz CT molecular complexity index is 316. The summed E-state index contributed by atoms with van der Waals surface area (Å²) in [5, 5.41) is 3.36. The maximum absolute atomic E-state index is 5.72. The summed E-state index contributed by atoms with van der Waals surface area (Å²) in [4.78, 5) is 0. The van der Waals surface area contributed by atoms with Crippen molar-refractivity contribution in [3.8, 4) is 0 Å². The Balaban J connectivity index is 2.57. The average molecular weight is 162 g/mol. The standard InChI is InChI=1S/C10H14N2/c1-10(2)6-12-9-4-3-7(11)5-8(9)10/h3-5,12H,6,11H2,1-2H3. The summed E-state index contributed by atoms with van der Waals surface area (Å²) in [5.74, 6) is 0. The first-order chi connectivity index (χ1) is 5.59. The second-order valence-corrected chi connectivity index (χ2v) is 4.04. The zero-order valence-electron chi connectivity index (χ0n) is 7.52. The van der Waals surface area contributed by atoms with Crippen LogP contribution in [0.25, 0.3) is 0 Å². The number of benzene rings is 1. The van der Waals surface area contributed by atoms with Gasteiger partial charge < -0.3 is 11.1 Å². The lowest BCUT2D eigenvalue weighted by atomic mass is 9.87. The molecule has 2 nitrogen and oxygen atoms in total. The van der Waals surface area contributed by atoms with E-state index in [4.69, 9.17) is 5.73 Å². The first-order valence-corrected chi connectivity index (χ1v) is 4.23. The van der Waals surface area contributed by atoms with E-state index in [1.54, 1.807) is 0 Å². The number of nitrogen functional groups attached to an aromatic ring is 1. The van der Waals surface area contributed by atoms with Crippen molar-refractivity contribution in [2.24, 2.45) is 0 Å². The Morgan fingerprint density at radius 2 is 2.17 bits per heavy atom. The fourth-order valence-electron chi connectivity index (χ4n) is 1.69. The van der Waals surface area contributed by atoms with Gasteiger partial charge in [0.1, 0.15) is 0 Å². The Hall–Kier alpha value is -1.18. The normalized spacial score (nSPS) is 18.5. The molecule has 1 aromatic carbocycles. The molecule has 0 saturated heterocycles. The molecule has 2 rings (SSSR count). The number of nitrogens with two attached hydrogens (primary N) is 1. The molecule has 1 aliphatic rings. The van der Waals surface area contributed by atoms with Crippen LogP contribution in [0.4, 0.5) is 11.4 Å². The third kappa shape index (κ3) is 0.951. The predicted molar refractivity (Wildman–Crippen MR) is 52.4 cm³/mol. The van der Waals surface area contributed by atoms with Crippen LogP contribution in [0.3, 0.4) is 0 Å². The Morgan fingerprint density at radius 1 is 1.42 bits per heavy atom. The van der Waals surface area contributed by atoms with Crippen LogP contribution in [0.15, 0.2) is 18.2 Å². The molecule has 1 aliphatic heterocycles. The number of nitrogens with one attached hydrogen (secondary N) is 1. The van der Waals surface area contributed by atoms with E-state index in [2.05, 4.69) is 31.3 Å². The van der Waals surface area contributed by atoms with E-state index in [1.165, 1.54) is 11.3 Å². The van der Waals surface area contributed by atoms with Crippen LogP contribution in [0.1, 0.15) is 19.4 Å². The third-order valence-electron chi connectivity index (χ3n) is 2.49. The van der Waals surface area contributed by atoms with E-state index in [9.17, 15) is 0 Å². The van der Waals surface area contributed by atoms with Gasteiger partial charge in [0.2, 0.25) is 0 Å². The fourth-order valence-corrected chi connectivity index (χ4v) is 1.69. The molecular formula is C10H14N2. The van der Waals surface area contributed by atoms with E-state index < -0.39 is 0 Å². The van der Waals surface area contributed by atoms with Gasteiger partial charge in [-0.2, -0.15) is 0 Å². The molecule has 64 valence electrons. The molecule has 0 bridgehead atoms. The van der Waals surface area contributed by atoms with Crippen LogP contribution in [0.5, 0.6) is 0 Å². The van der Waals surface area contributed by atoms with Gasteiger partial charge in [0.15, 0.2) is 0 Å². The highest BCUT2D eigenvalue weighted by atomic mass is 14.9. The van der Waals surface area contributed by atoms with Crippen LogP contribution >= 0.6 is 0 Å². The minimum atomic E-state index is 0.227. The molecule has 0 saturated carbocycles. The Morgan fingerprint density at radius 3 is 2.92 bits per heavy atom. The van der Waals surface area contributed by atoms with Crippen molar-refractivity contribution in [3.05, 3.63) is 23.8 Å². The minimum absolute atomic E-state index is 0.227. The highest BCUT2D eigenvalue weighted by Crippen LogP contribution is 2.36. The van der Waals surface area contributed by atoms with Crippen molar-refractivity contribution in [2.75, 3.05) is 17.6 Å². The molecule has 0 aromatic heterocycles. The van der Waals surface area contributed by atoms with Gasteiger partial charge in [-0.05, 0) is 23.8 Å². The number of hydrogen-bond donors (Lipinski definition) is 2. The van der Waals surface area contributed by atoms with Gasteiger partial charge in [-0.25, -0.2) is 0 Å². The zero-order valence-corrected chi connectivity index (χ0v) is 7.52. The minimum Gasteiger partial charge on any atom is -0.399 e. The second-order valence-electron chi connectivity index (χ2n) is 4.04. The lowest BCUT2D eigenvalue weighted by molar-refractivity contribution is 0.586. The van der Waals surface area contributed by atoms with Gasteiger partial charge in [0.05, 0.1) is 0 Å². The summed E-state index contributed by atoms with van der Waals surface area (Å²) in [6, 6.07) is 6.06. The van der Waals surface area contributed by atoms with Gasteiger partial charge in [-0.15, -0.1) is 0 Å². The number of rotatable bonds is 0. The second kappa shape index (κ2) is 2.16. The first kappa shape index (κ1) is 7.47. The van der Waals surface area contributed by atoms with E-state index in [0.29, 0.717) is 0 Å². The smallest absolute Gasteiger partial charge is 0.0380 e. The zero-order chi connectivity index (χ0) is 8.77. The summed E-state index contributed by atoms with van der Waals surface area (Å²) in [5.41, 5.74) is 9.37. The quantitative estimate of drug-likeness (QED) is 0.572. The molecule has 0 atom stereocenters. The largest absolute Gasteiger partial charge is 0.399 e. The van der Waals surface area contributed by atoms with Crippen molar-refractivity contribution >= 4 is 11.4 Å². The predicted octanol–water partition coefficient (Wildman–Crippen LogP) is 1.97. The SMILES string of the molecule is CC1(C)CNc2ccc(N)cc21. The van der Waals surface area contributed by atoms with Gasteiger partial charge in [0, 0.05) is 23.3 Å². The first-order valence-electron chi connectivity index (χ1n) is 4.23. The number of fused-ring (bicyclic) bond motifs is 1. The van der Waals surface area contributed by atoms with Gasteiger partial charge in [-0.3, -0.25) is 0 Å². The molecule has 0 unspecified atom stereocenters. The molecule has 12 heavy (non-hydrogen) atoms. The Kier molecular flexibility index (Phi) is 1.34. The maximum Gasteiger partial charge on any atom is 0.0380 e. The van der Waals surface area contributed by atoms with Crippen LogP contribution in [-0.4, -0.2) is 6.54 Å². The summed E-state index contributed by atoms with van der Waals surface area (Å²) < 4.78 is 0. The molecule has 0 fully saturated rings. The summed E-state index contributed by atoms with van der Waals surface area (Å²) in [7, 11) is 0. The van der Waals surface area contributed by atoms with Crippen molar-refractivity contribution in [3.63, 3.8) is 0 Å². The van der Waals surface area contributed by atoms with Crippen LogP contribution in [-0.2, 0) is 5.41 Å². The molecule has 0 aliphatic carbocycles. The van der Waals surface area contributed by atoms with Crippen molar-refractivity contribution < 1.29 is 0 Å². The summed E-state index contributed by atoms with van der Waals surface area (Å²) in [6.07, 6.45) is 0. The molecule has 1 heterocycles. The Labute approximate surface area is 72.8 Å². The van der Waals surface area contributed by atoms with Crippen LogP contribution in [0.2, 0.25) is 0 Å². The van der Waals surface area contributed by atoms with Gasteiger partial charge in [0.25, 0.3) is 0 Å². The van der Waals surface area contributed by atoms with E-state index in [-0.39, 0.29) is 5.41 Å².